The number of rotatable bonds is 4. The Morgan fingerprint density at radius 3 is 2.74 bits per heavy atom. The molecule has 98 valence electrons. The van der Waals surface area contributed by atoms with Crippen LogP contribution in [0.1, 0.15) is 28.7 Å². The summed E-state index contributed by atoms with van der Waals surface area (Å²) in [4.78, 5) is 19.6. The molecule has 0 spiro atoms. The summed E-state index contributed by atoms with van der Waals surface area (Å²) in [5.74, 6) is -0.408. The van der Waals surface area contributed by atoms with Crippen LogP contribution in [-0.2, 0) is 6.61 Å². The van der Waals surface area contributed by atoms with Crippen molar-refractivity contribution in [3.05, 3.63) is 53.4 Å². The standard InChI is InChI=1S/C14H13FN2O2/c1-9-6-17-12(7-16-9)8-19-14-5-11(15)3-4-13(14)10(2)18/h3-7H,8H2,1-2H3. The van der Waals surface area contributed by atoms with Crippen LogP contribution in [0.15, 0.2) is 30.6 Å². The van der Waals surface area contributed by atoms with Crippen LogP contribution in [0.2, 0.25) is 0 Å². The van der Waals surface area contributed by atoms with Crippen molar-refractivity contribution < 1.29 is 13.9 Å². The topological polar surface area (TPSA) is 52.1 Å². The largest absolute Gasteiger partial charge is 0.486 e. The lowest BCUT2D eigenvalue weighted by molar-refractivity contribution is 0.101. The molecule has 0 unspecified atom stereocenters. The summed E-state index contributed by atoms with van der Waals surface area (Å²) in [6.07, 6.45) is 3.21. The SMILES string of the molecule is CC(=O)c1ccc(F)cc1OCc1cnc(C)cn1. The predicted octanol–water partition coefficient (Wildman–Crippen LogP) is 2.71. The number of aryl methyl sites for hydroxylation is 1. The minimum Gasteiger partial charge on any atom is -0.486 e. The highest BCUT2D eigenvalue weighted by Crippen LogP contribution is 2.21. The second-order valence-electron chi connectivity index (χ2n) is 4.13. The molecule has 0 fully saturated rings. The summed E-state index contributed by atoms with van der Waals surface area (Å²) in [6.45, 7) is 3.38. The van der Waals surface area contributed by atoms with Gasteiger partial charge in [-0.2, -0.15) is 0 Å². The van der Waals surface area contributed by atoms with Crippen LogP contribution in [0.4, 0.5) is 4.39 Å². The van der Waals surface area contributed by atoms with Crippen molar-refractivity contribution in [2.75, 3.05) is 0 Å². The minimum atomic E-state index is -0.449. The average molecular weight is 260 g/mol. The first kappa shape index (κ1) is 13.1. The highest BCUT2D eigenvalue weighted by Gasteiger charge is 2.10. The second kappa shape index (κ2) is 5.56. The number of ketones is 1. The van der Waals surface area contributed by atoms with Gasteiger partial charge in [-0.15, -0.1) is 0 Å². The molecule has 0 aliphatic carbocycles. The molecule has 1 heterocycles. The van der Waals surface area contributed by atoms with Gasteiger partial charge in [0.15, 0.2) is 5.78 Å². The minimum absolute atomic E-state index is 0.136. The van der Waals surface area contributed by atoms with Gasteiger partial charge in [0.05, 0.1) is 23.1 Å². The van der Waals surface area contributed by atoms with Crippen molar-refractivity contribution in [3.8, 4) is 5.75 Å². The van der Waals surface area contributed by atoms with E-state index in [2.05, 4.69) is 9.97 Å². The van der Waals surface area contributed by atoms with Gasteiger partial charge in [-0.25, -0.2) is 4.39 Å². The molecule has 4 nitrogen and oxygen atoms in total. The van der Waals surface area contributed by atoms with Crippen molar-refractivity contribution in [1.82, 2.24) is 9.97 Å². The van der Waals surface area contributed by atoms with Gasteiger partial charge in [0.1, 0.15) is 18.2 Å². The molecule has 0 bridgehead atoms. The Kier molecular flexibility index (Phi) is 3.85. The van der Waals surface area contributed by atoms with Crippen LogP contribution in [0.3, 0.4) is 0 Å². The summed E-state index contributed by atoms with van der Waals surface area (Å²) < 4.78 is 18.6. The van der Waals surface area contributed by atoms with Gasteiger partial charge in [-0.1, -0.05) is 0 Å². The van der Waals surface area contributed by atoms with Crippen molar-refractivity contribution in [3.63, 3.8) is 0 Å². The number of Topliss-reactive ketones (excluding diaryl/α,β-unsaturated/α-hetero) is 1. The molecule has 19 heavy (non-hydrogen) atoms. The number of halogens is 1. The second-order valence-corrected chi connectivity index (χ2v) is 4.13. The summed E-state index contributed by atoms with van der Waals surface area (Å²) in [5, 5.41) is 0. The molecule has 2 rings (SSSR count). The van der Waals surface area contributed by atoms with Gasteiger partial charge in [-0.3, -0.25) is 14.8 Å². The molecule has 5 heteroatoms. The van der Waals surface area contributed by atoms with Crippen LogP contribution in [0, 0.1) is 12.7 Å². The summed E-state index contributed by atoms with van der Waals surface area (Å²) >= 11 is 0. The first-order valence-electron chi connectivity index (χ1n) is 5.77. The predicted molar refractivity (Wildman–Crippen MR) is 67.5 cm³/mol. The number of benzene rings is 1. The van der Waals surface area contributed by atoms with E-state index in [4.69, 9.17) is 4.74 Å². The molecule has 0 amide bonds. The Hall–Kier alpha value is -2.30. The van der Waals surface area contributed by atoms with Gasteiger partial charge in [0.25, 0.3) is 0 Å². The van der Waals surface area contributed by atoms with E-state index in [0.29, 0.717) is 11.3 Å². The number of carbonyl (C=O) groups excluding carboxylic acids is 1. The van der Waals surface area contributed by atoms with Gasteiger partial charge in [0.2, 0.25) is 0 Å². The number of aromatic nitrogens is 2. The molecular formula is C14H13FN2O2. The van der Waals surface area contributed by atoms with Crippen LogP contribution in [-0.4, -0.2) is 15.8 Å². The molecule has 0 saturated heterocycles. The molecule has 0 aliphatic heterocycles. The normalized spacial score (nSPS) is 10.3. The van der Waals surface area contributed by atoms with Gasteiger partial charge in [-0.05, 0) is 26.0 Å². The Morgan fingerprint density at radius 2 is 2.11 bits per heavy atom. The number of hydrogen-bond donors (Lipinski definition) is 0. The Morgan fingerprint density at radius 1 is 1.32 bits per heavy atom. The zero-order valence-corrected chi connectivity index (χ0v) is 10.7. The van der Waals surface area contributed by atoms with E-state index in [1.807, 2.05) is 6.92 Å². The molecule has 1 aromatic carbocycles. The third-order valence-corrected chi connectivity index (χ3v) is 2.53. The maximum absolute atomic E-state index is 13.2. The zero-order valence-electron chi connectivity index (χ0n) is 10.7. The van der Waals surface area contributed by atoms with Crippen molar-refractivity contribution in [2.24, 2.45) is 0 Å². The molecule has 0 N–H and O–H groups in total. The van der Waals surface area contributed by atoms with Crippen LogP contribution >= 0.6 is 0 Å². The number of hydrogen-bond acceptors (Lipinski definition) is 4. The highest BCUT2D eigenvalue weighted by molar-refractivity contribution is 5.96. The monoisotopic (exact) mass is 260 g/mol. The number of ether oxygens (including phenoxy) is 1. The quantitative estimate of drug-likeness (QED) is 0.793. The van der Waals surface area contributed by atoms with E-state index in [-0.39, 0.29) is 18.1 Å². The van der Waals surface area contributed by atoms with Crippen LogP contribution in [0.5, 0.6) is 5.75 Å². The van der Waals surface area contributed by atoms with E-state index in [9.17, 15) is 9.18 Å². The molecule has 0 radical (unpaired) electrons. The third kappa shape index (κ3) is 3.34. The Labute approximate surface area is 110 Å². The van der Waals surface area contributed by atoms with Gasteiger partial charge < -0.3 is 4.74 Å². The van der Waals surface area contributed by atoms with E-state index in [1.54, 1.807) is 12.4 Å². The molecule has 1 aromatic heterocycles. The van der Waals surface area contributed by atoms with Gasteiger partial charge >= 0.3 is 0 Å². The van der Waals surface area contributed by atoms with Crippen LogP contribution in [0.25, 0.3) is 0 Å². The smallest absolute Gasteiger partial charge is 0.163 e. The van der Waals surface area contributed by atoms with E-state index < -0.39 is 5.82 Å². The molecule has 0 aliphatic rings. The first-order chi connectivity index (χ1) is 9.06. The maximum Gasteiger partial charge on any atom is 0.163 e. The van der Waals surface area contributed by atoms with Crippen LogP contribution < -0.4 is 4.74 Å². The van der Waals surface area contributed by atoms with Crippen molar-refractivity contribution >= 4 is 5.78 Å². The fourth-order valence-corrected chi connectivity index (χ4v) is 1.55. The van der Waals surface area contributed by atoms with Gasteiger partial charge in [0, 0.05) is 12.3 Å². The van der Waals surface area contributed by atoms with E-state index in [0.717, 1.165) is 5.69 Å². The van der Waals surface area contributed by atoms with Crippen molar-refractivity contribution in [2.45, 2.75) is 20.5 Å². The Balaban J connectivity index is 2.16. The van der Waals surface area contributed by atoms with Crippen molar-refractivity contribution in [1.29, 1.82) is 0 Å². The lowest BCUT2D eigenvalue weighted by atomic mass is 10.1. The summed E-state index contributed by atoms with van der Waals surface area (Å²) in [6, 6.07) is 3.83. The number of nitrogens with zero attached hydrogens (tertiary/aromatic N) is 2. The fourth-order valence-electron chi connectivity index (χ4n) is 1.55. The fraction of sp³-hybridized carbons (Fsp3) is 0.214. The average Bonchev–Trinajstić information content (AvgIpc) is 2.38. The molecule has 2 aromatic rings. The molecule has 0 atom stereocenters. The summed E-state index contributed by atoms with van der Waals surface area (Å²) in [7, 11) is 0. The first-order valence-corrected chi connectivity index (χ1v) is 5.77. The lowest BCUT2D eigenvalue weighted by Crippen LogP contribution is -2.04. The Bertz CT molecular complexity index is 597. The maximum atomic E-state index is 13.2. The lowest BCUT2D eigenvalue weighted by Gasteiger charge is -2.09. The third-order valence-electron chi connectivity index (χ3n) is 2.53. The molecule has 0 saturated carbocycles. The van der Waals surface area contributed by atoms with E-state index >= 15 is 0 Å². The number of carbonyl (C=O) groups is 1. The molecular weight excluding hydrogens is 247 g/mol. The van der Waals surface area contributed by atoms with E-state index in [1.165, 1.54) is 25.1 Å². The highest BCUT2D eigenvalue weighted by atomic mass is 19.1. The summed E-state index contributed by atoms with van der Waals surface area (Å²) in [5.41, 5.74) is 1.77. The zero-order chi connectivity index (χ0) is 13.8.